The highest BCUT2D eigenvalue weighted by Gasteiger charge is 2.09. The van der Waals surface area contributed by atoms with Crippen molar-refractivity contribution in [3.8, 4) is 5.75 Å². The number of carbonyl (C=O) groups is 1. The molecule has 0 atom stereocenters. The number of ether oxygens (including phenoxy) is 1. The highest BCUT2D eigenvalue weighted by molar-refractivity contribution is 9.10. The summed E-state index contributed by atoms with van der Waals surface area (Å²) in [6, 6.07) is 4.42. The lowest BCUT2D eigenvalue weighted by Crippen LogP contribution is -1.99. The van der Waals surface area contributed by atoms with E-state index in [-0.39, 0.29) is 12.1 Å². The summed E-state index contributed by atoms with van der Waals surface area (Å²) in [7, 11) is 0. The monoisotopic (exact) mass is 331 g/mol. The first-order valence-electron chi connectivity index (χ1n) is 5.78. The lowest BCUT2D eigenvalue weighted by molar-refractivity contribution is -0.385. The van der Waals surface area contributed by atoms with Crippen LogP contribution < -0.4 is 4.74 Å². The second-order valence-corrected chi connectivity index (χ2v) is 4.87. The molecule has 0 bridgehead atoms. The van der Waals surface area contributed by atoms with Crippen molar-refractivity contribution < 1.29 is 19.6 Å². The van der Waals surface area contributed by atoms with Crippen molar-refractivity contribution in [1.82, 2.24) is 0 Å². The van der Waals surface area contributed by atoms with Crippen LogP contribution in [0.5, 0.6) is 5.75 Å². The summed E-state index contributed by atoms with van der Waals surface area (Å²) >= 11 is 3.18. The first-order valence-corrected chi connectivity index (χ1v) is 6.58. The third-order valence-corrected chi connectivity index (χ3v) is 2.83. The molecule has 0 fully saturated rings. The van der Waals surface area contributed by atoms with Gasteiger partial charge in [-0.25, -0.2) is 0 Å². The number of nitro benzene ring substituents is 1. The molecule has 0 heterocycles. The van der Waals surface area contributed by atoms with Gasteiger partial charge < -0.3 is 9.84 Å². The maximum atomic E-state index is 10.7. The summed E-state index contributed by atoms with van der Waals surface area (Å²) in [5, 5.41) is 19.1. The van der Waals surface area contributed by atoms with E-state index in [1.54, 1.807) is 6.07 Å². The van der Waals surface area contributed by atoms with Crippen LogP contribution in [-0.4, -0.2) is 22.6 Å². The van der Waals surface area contributed by atoms with Gasteiger partial charge >= 0.3 is 5.97 Å². The Balaban J connectivity index is 2.37. The van der Waals surface area contributed by atoms with Gasteiger partial charge in [0, 0.05) is 17.0 Å². The van der Waals surface area contributed by atoms with Crippen LogP contribution in [-0.2, 0) is 4.79 Å². The minimum absolute atomic E-state index is 0.0322. The zero-order valence-corrected chi connectivity index (χ0v) is 11.8. The number of carboxylic acids is 1. The molecule has 0 amide bonds. The largest absolute Gasteiger partial charge is 0.493 e. The molecule has 0 unspecified atom stereocenters. The van der Waals surface area contributed by atoms with Gasteiger partial charge in [-0.2, -0.15) is 0 Å². The standard InChI is InChI=1S/C12H14BrNO5/c13-9-6-10(14(17)18)8-11(7-9)19-5-3-1-2-4-12(15)16/h6-8H,1-5H2,(H,15,16). The van der Waals surface area contributed by atoms with E-state index in [1.165, 1.54) is 12.1 Å². The number of halogens is 1. The summed E-state index contributed by atoms with van der Waals surface area (Å²) in [5.41, 5.74) is -0.0322. The van der Waals surface area contributed by atoms with Crippen molar-refractivity contribution in [2.45, 2.75) is 25.7 Å². The Bertz CT molecular complexity index is 463. The average Bonchev–Trinajstić information content (AvgIpc) is 2.32. The Morgan fingerprint density at radius 3 is 2.68 bits per heavy atom. The van der Waals surface area contributed by atoms with Crippen LogP contribution in [0.25, 0.3) is 0 Å². The van der Waals surface area contributed by atoms with Crippen LogP contribution in [0, 0.1) is 10.1 Å². The highest BCUT2D eigenvalue weighted by Crippen LogP contribution is 2.26. The zero-order chi connectivity index (χ0) is 14.3. The number of carboxylic acid groups (broad SMARTS) is 1. The van der Waals surface area contributed by atoms with E-state index in [0.29, 0.717) is 29.7 Å². The lowest BCUT2D eigenvalue weighted by Gasteiger charge is -2.06. The number of aliphatic carboxylic acids is 1. The van der Waals surface area contributed by atoms with Gasteiger partial charge in [0.05, 0.1) is 17.6 Å². The van der Waals surface area contributed by atoms with E-state index >= 15 is 0 Å². The summed E-state index contributed by atoms with van der Waals surface area (Å²) in [4.78, 5) is 20.5. The average molecular weight is 332 g/mol. The van der Waals surface area contributed by atoms with Crippen molar-refractivity contribution in [3.05, 3.63) is 32.8 Å². The predicted molar refractivity (Wildman–Crippen MR) is 72.4 cm³/mol. The molecule has 0 aliphatic carbocycles. The molecule has 104 valence electrons. The Labute approximate surface area is 118 Å². The fraction of sp³-hybridized carbons (Fsp3) is 0.417. The van der Waals surface area contributed by atoms with Gasteiger partial charge in [0.25, 0.3) is 5.69 Å². The molecule has 1 aromatic rings. The van der Waals surface area contributed by atoms with Crippen LogP contribution >= 0.6 is 15.9 Å². The zero-order valence-electron chi connectivity index (χ0n) is 10.2. The van der Waals surface area contributed by atoms with Crippen molar-refractivity contribution in [1.29, 1.82) is 0 Å². The van der Waals surface area contributed by atoms with Gasteiger partial charge in [-0.1, -0.05) is 15.9 Å². The van der Waals surface area contributed by atoms with Gasteiger partial charge in [-0.15, -0.1) is 0 Å². The van der Waals surface area contributed by atoms with Crippen molar-refractivity contribution in [2.24, 2.45) is 0 Å². The Hall–Kier alpha value is -1.63. The maximum Gasteiger partial charge on any atom is 0.303 e. The predicted octanol–water partition coefficient (Wildman–Crippen LogP) is 3.38. The fourth-order valence-electron chi connectivity index (χ4n) is 1.48. The maximum absolute atomic E-state index is 10.7. The molecular weight excluding hydrogens is 318 g/mol. The molecular formula is C12H14BrNO5. The minimum Gasteiger partial charge on any atom is -0.493 e. The molecule has 0 aromatic heterocycles. The number of hydrogen-bond acceptors (Lipinski definition) is 4. The van der Waals surface area contributed by atoms with Gasteiger partial charge in [-0.05, 0) is 25.3 Å². The summed E-state index contributed by atoms with van der Waals surface area (Å²) in [6.45, 7) is 0.410. The van der Waals surface area contributed by atoms with Crippen molar-refractivity contribution >= 4 is 27.6 Å². The topological polar surface area (TPSA) is 89.7 Å². The number of nitro groups is 1. The van der Waals surface area contributed by atoms with E-state index in [2.05, 4.69) is 15.9 Å². The third-order valence-electron chi connectivity index (χ3n) is 2.37. The number of non-ortho nitro benzene ring substituents is 1. The number of unbranched alkanes of at least 4 members (excludes halogenated alkanes) is 2. The first kappa shape index (κ1) is 15.4. The Kier molecular flexibility index (Phi) is 6.27. The van der Waals surface area contributed by atoms with Crippen molar-refractivity contribution in [3.63, 3.8) is 0 Å². The van der Waals surface area contributed by atoms with Gasteiger partial charge in [-0.3, -0.25) is 14.9 Å². The quantitative estimate of drug-likeness (QED) is 0.448. The van der Waals surface area contributed by atoms with Crippen LogP contribution in [0.4, 0.5) is 5.69 Å². The van der Waals surface area contributed by atoms with Crippen molar-refractivity contribution in [2.75, 3.05) is 6.61 Å². The Morgan fingerprint density at radius 1 is 1.32 bits per heavy atom. The second-order valence-electron chi connectivity index (χ2n) is 3.96. The van der Waals surface area contributed by atoms with Crippen LogP contribution in [0.3, 0.4) is 0 Å². The van der Waals surface area contributed by atoms with E-state index < -0.39 is 10.9 Å². The molecule has 19 heavy (non-hydrogen) atoms. The number of nitrogens with zero attached hydrogens (tertiary/aromatic N) is 1. The van der Waals surface area contributed by atoms with Gasteiger partial charge in [0.15, 0.2) is 0 Å². The van der Waals surface area contributed by atoms with E-state index in [9.17, 15) is 14.9 Å². The minimum atomic E-state index is -0.802. The number of rotatable bonds is 8. The Morgan fingerprint density at radius 2 is 2.05 bits per heavy atom. The van der Waals surface area contributed by atoms with Crippen LogP contribution in [0.15, 0.2) is 22.7 Å². The molecule has 1 aromatic carbocycles. The normalized spacial score (nSPS) is 10.2. The number of hydrogen-bond donors (Lipinski definition) is 1. The number of benzene rings is 1. The molecule has 0 radical (unpaired) electrons. The summed E-state index contributed by atoms with van der Waals surface area (Å²) in [6.07, 6.45) is 2.23. The second kappa shape index (κ2) is 7.73. The molecule has 0 spiro atoms. The molecule has 0 aliphatic heterocycles. The van der Waals surface area contributed by atoms with Gasteiger partial charge in [0.2, 0.25) is 0 Å². The molecule has 0 saturated carbocycles. The van der Waals surface area contributed by atoms with Crippen LogP contribution in [0.1, 0.15) is 25.7 Å². The fourth-order valence-corrected chi connectivity index (χ4v) is 1.94. The molecule has 7 heteroatoms. The van der Waals surface area contributed by atoms with E-state index in [1.807, 2.05) is 0 Å². The molecule has 6 nitrogen and oxygen atoms in total. The van der Waals surface area contributed by atoms with Gasteiger partial charge in [0.1, 0.15) is 5.75 Å². The molecule has 1 rings (SSSR count). The molecule has 0 aliphatic rings. The SMILES string of the molecule is O=C(O)CCCCCOc1cc(Br)cc([N+](=O)[O-])c1. The van der Waals surface area contributed by atoms with E-state index in [4.69, 9.17) is 9.84 Å². The first-order chi connectivity index (χ1) is 8.99. The molecule has 1 N–H and O–H groups in total. The highest BCUT2D eigenvalue weighted by atomic mass is 79.9. The summed E-state index contributed by atoms with van der Waals surface area (Å²) in [5.74, 6) is -0.372. The smallest absolute Gasteiger partial charge is 0.303 e. The van der Waals surface area contributed by atoms with E-state index in [0.717, 1.165) is 6.42 Å². The van der Waals surface area contributed by atoms with Crippen LogP contribution in [0.2, 0.25) is 0 Å². The summed E-state index contributed by atoms with van der Waals surface area (Å²) < 4.78 is 5.99. The molecule has 0 saturated heterocycles. The third kappa shape index (κ3) is 6.19. The lowest BCUT2D eigenvalue weighted by atomic mass is 10.2.